The molecule has 0 saturated carbocycles. The molecule has 0 atom stereocenters. The molecule has 0 aromatic heterocycles. The number of phenols is 1. The number of nitro benzene ring substituents is 1. The van der Waals surface area contributed by atoms with Crippen LogP contribution in [0.2, 0.25) is 0 Å². The smallest absolute Gasteiger partial charge is 0.311 e. The van der Waals surface area contributed by atoms with Crippen LogP contribution < -0.4 is 0 Å². The van der Waals surface area contributed by atoms with Gasteiger partial charge >= 0.3 is 5.69 Å². The van der Waals surface area contributed by atoms with Gasteiger partial charge in [0.1, 0.15) is 0 Å². The van der Waals surface area contributed by atoms with Crippen LogP contribution in [0.3, 0.4) is 0 Å². The minimum absolute atomic E-state index is 0.277. The van der Waals surface area contributed by atoms with E-state index < -0.39 is 4.92 Å². The first-order valence-electron chi connectivity index (χ1n) is 4.82. The van der Waals surface area contributed by atoms with Gasteiger partial charge in [0, 0.05) is 15.2 Å². The van der Waals surface area contributed by atoms with Gasteiger partial charge < -0.3 is 5.11 Å². The molecule has 0 heterocycles. The summed E-state index contributed by atoms with van der Waals surface area (Å²) < 4.78 is 1.07. The van der Waals surface area contributed by atoms with Crippen LogP contribution in [0.5, 0.6) is 5.75 Å². The average molecular weight is 341 g/mol. The SMILES string of the molecule is O=[N+]([O-])c1cccc(-c2ccc(I)cc2)c1O. The predicted octanol–water partition coefficient (Wildman–Crippen LogP) is 3.57. The summed E-state index contributed by atoms with van der Waals surface area (Å²) in [6, 6.07) is 11.9. The van der Waals surface area contributed by atoms with Crippen molar-refractivity contribution >= 4 is 28.3 Å². The Hall–Kier alpha value is -1.63. The Bertz CT molecular complexity index is 566. The maximum Gasteiger partial charge on any atom is 0.311 e. The van der Waals surface area contributed by atoms with E-state index >= 15 is 0 Å². The van der Waals surface area contributed by atoms with Crippen LogP contribution in [0.4, 0.5) is 5.69 Å². The minimum atomic E-state index is -0.592. The van der Waals surface area contributed by atoms with E-state index in [-0.39, 0.29) is 11.4 Å². The highest BCUT2D eigenvalue weighted by Gasteiger charge is 2.16. The molecule has 86 valence electrons. The number of nitrogens with zero attached hydrogens (tertiary/aromatic N) is 1. The van der Waals surface area contributed by atoms with Crippen molar-refractivity contribution in [1.29, 1.82) is 0 Å². The summed E-state index contributed by atoms with van der Waals surface area (Å²) in [7, 11) is 0. The minimum Gasteiger partial charge on any atom is -0.502 e. The van der Waals surface area contributed by atoms with Crippen molar-refractivity contribution in [3.8, 4) is 16.9 Å². The Morgan fingerprint density at radius 2 is 1.76 bits per heavy atom. The molecule has 2 aromatic rings. The van der Waals surface area contributed by atoms with Gasteiger partial charge in [0.25, 0.3) is 0 Å². The average Bonchev–Trinajstić information content (AvgIpc) is 2.30. The number of hydrogen-bond donors (Lipinski definition) is 1. The van der Waals surface area contributed by atoms with E-state index in [4.69, 9.17) is 0 Å². The summed E-state index contributed by atoms with van der Waals surface area (Å²) in [6.45, 7) is 0. The number of benzene rings is 2. The highest BCUT2D eigenvalue weighted by Crippen LogP contribution is 2.36. The van der Waals surface area contributed by atoms with Crippen molar-refractivity contribution in [1.82, 2.24) is 0 Å². The second kappa shape index (κ2) is 4.70. The maximum atomic E-state index is 10.7. The Morgan fingerprint density at radius 1 is 1.12 bits per heavy atom. The zero-order valence-corrected chi connectivity index (χ0v) is 10.8. The standard InChI is InChI=1S/C12H8INO3/c13-9-6-4-8(5-7-9)10-2-1-3-11(12(10)15)14(16)17/h1-7,15H. The van der Waals surface area contributed by atoms with Crippen molar-refractivity contribution in [2.75, 3.05) is 0 Å². The first-order valence-corrected chi connectivity index (χ1v) is 5.90. The summed E-state index contributed by atoms with van der Waals surface area (Å²) in [4.78, 5) is 10.1. The van der Waals surface area contributed by atoms with Crippen LogP contribution in [0, 0.1) is 13.7 Å². The fraction of sp³-hybridized carbons (Fsp3) is 0. The molecular weight excluding hydrogens is 333 g/mol. The molecule has 0 spiro atoms. The number of nitro groups is 1. The van der Waals surface area contributed by atoms with E-state index in [9.17, 15) is 15.2 Å². The van der Waals surface area contributed by atoms with E-state index in [0.29, 0.717) is 5.56 Å². The highest BCUT2D eigenvalue weighted by molar-refractivity contribution is 14.1. The van der Waals surface area contributed by atoms with Crippen molar-refractivity contribution in [2.24, 2.45) is 0 Å². The third-order valence-corrected chi connectivity index (χ3v) is 3.09. The van der Waals surface area contributed by atoms with Crippen LogP contribution in [0.1, 0.15) is 0 Å². The second-order valence-electron chi connectivity index (χ2n) is 3.44. The Balaban J connectivity index is 2.56. The molecule has 2 aromatic carbocycles. The molecule has 0 fully saturated rings. The van der Waals surface area contributed by atoms with Gasteiger partial charge in [-0.05, 0) is 40.3 Å². The van der Waals surface area contributed by atoms with Gasteiger partial charge in [-0.25, -0.2) is 0 Å². The van der Waals surface area contributed by atoms with E-state index in [1.165, 1.54) is 6.07 Å². The molecule has 0 aliphatic carbocycles. The van der Waals surface area contributed by atoms with Crippen molar-refractivity contribution in [2.45, 2.75) is 0 Å². The number of rotatable bonds is 2. The number of aromatic hydroxyl groups is 1. The van der Waals surface area contributed by atoms with Crippen molar-refractivity contribution < 1.29 is 10.0 Å². The van der Waals surface area contributed by atoms with Gasteiger partial charge in [-0.3, -0.25) is 10.1 Å². The summed E-state index contributed by atoms with van der Waals surface area (Å²) >= 11 is 2.17. The molecule has 0 radical (unpaired) electrons. The van der Waals surface area contributed by atoms with Gasteiger partial charge in [0.15, 0.2) is 0 Å². The Labute approximate surface area is 111 Å². The first kappa shape index (κ1) is 11.8. The van der Waals surface area contributed by atoms with E-state index in [2.05, 4.69) is 22.6 Å². The number of halogens is 1. The van der Waals surface area contributed by atoms with Crippen LogP contribution >= 0.6 is 22.6 Å². The number of para-hydroxylation sites is 1. The lowest BCUT2D eigenvalue weighted by Crippen LogP contribution is -1.90. The van der Waals surface area contributed by atoms with E-state index in [1.807, 2.05) is 24.3 Å². The van der Waals surface area contributed by atoms with Gasteiger partial charge in [0.05, 0.1) is 4.92 Å². The molecule has 0 unspecified atom stereocenters. The third-order valence-electron chi connectivity index (χ3n) is 2.37. The maximum absolute atomic E-state index is 10.7. The lowest BCUT2D eigenvalue weighted by atomic mass is 10.0. The largest absolute Gasteiger partial charge is 0.502 e. The van der Waals surface area contributed by atoms with Gasteiger partial charge in [-0.2, -0.15) is 0 Å². The molecule has 17 heavy (non-hydrogen) atoms. The first-order chi connectivity index (χ1) is 8.09. The molecule has 4 nitrogen and oxygen atoms in total. The van der Waals surface area contributed by atoms with Crippen LogP contribution in [0.25, 0.3) is 11.1 Å². The predicted molar refractivity (Wildman–Crippen MR) is 72.9 cm³/mol. The molecule has 0 aliphatic heterocycles. The zero-order valence-electron chi connectivity index (χ0n) is 8.63. The van der Waals surface area contributed by atoms with Gasteiger partial charge in [0.2, 0.25) is 5.75 Å². The molecular formula is C12H8INO3. The fourth-order valence-corrected chi connectivity index (χ4v) is 1.90. The fourth-order valence-electron chi connectivity index (χ4n) is 1.54. The van der Waals surface area contributed by atoms with Gasteiger partial charge in [-0.1, -0.05) is 24.3 Å². The van der Waals surface area contributed by atoms with Crippen molar-refractivity contribution in [3.05, 3.63) is 56.1 Å². The molecule has 2 rings (SSSR count). The quantitative estimate of drug-likeness (QED) is 0.516. The number of hydrogen-bond acceptors (Lipinski definition) is 3. The molecule has 0 amide bonds. The summed E-state index contributed by atoms with van der Waals surface area (Å²) in [6.07, 6.45) is 0. The summed E-state index contributed by atoms with van der Waals surface area (Å²) in [5, 5.41) is 20.5. The molecule has 0 saturated heterocycles. The molecule has 1 N–H and O–H groups in total. The molecule has 0 bridgehead atoms. The van der Waals surface area contributed by atoms with Crippen LogP contribution in [-0.2, 0) is 0 Å². The van der Waals surface area contributed by atoms with Crippen LogP contribution in [0.15, 0.2) is 42.5 Å². The highest BCUT2D eigenvalue weighted by atomic mass is 127. The zero-order chi connectivity index (χ0) is 12.4. The number of phenolic OH excluding ortho intramolecular Hbond substituents is 1. The third kappa shape index (κ3) is 2.38. The van der Waals surface area contributed by atoms with Crippen LogP contribution in [-0.4, -0.2) is 10.0 Å². The van der Waals surface area contributed by atoms with E-state index in [1.54, 1.807) is 12.1 Å². The topological polar surface area (TPSA) is 63.4 Å². The Kier molecular flexibility index (Phi) is 3.28. The summed E-state index contributed by atoms with van der Waals surface area (Å²) in [5.41, 5.74) is 0.947. The normalized spacial score (nSPS) is 10.2. The summed E-state index contributed by atoms with van der Waals surface area (Å²) in [5.74, 6) is -0.293. The second-order valence-corrected chi connectivity index (χ2v) is 4.68. The monoisotopic (exact) mass is 341 g/mol. The van der Waals surface area contributed by atoms with Crippen molar-refractivity contribution in [3.63, 3.8) is 0 Å². The van der Waals surface area contributed by atoms with E-state index in [0.717, 1.165) is 9.13 Å². The Morgan fingerprint density at radius 3 is 2.35 bits per heavy atom. The lowest BCUT2D eigenvalue weighted by Gasteiger charge is -2.05. The van der Waals surface area contributed by atoms with Gasteiger partial charge in [-0.15, -0.1) is 0 Å². The molecule has 0 aliphatic rings. The lowest BCUT2D eigenvalue weighted by molar-refractivity contribution is -0.385. The molecule has 5 heteroatoms.